The van der Waals surface area contributed by atoms with Gasteiger partial charge in [0.1, 0.15) is 19.3 Å². The number of unbranched alkanes of at least 4 members (excludes halogenated alkanes) is 64. The summed E-state index contributed by atoms with van der Waals surface area (Å²) in [7, 11) is -9.94. The van der Waals surface area contributed by atoms with E-state index in [-0.39, 0.29) is 25.7 Å². The van der Waals surface area contributed by atoms with E-state index >= 15 is 0 Å². The number of carbonyl (C=O) groups excluding carboxylic acids is 4. The molecule has 0 radical (unpaired) electrons. The largest absolute Gasteiger partial charge is 0.472 e. The number of phosphoric acid groups is 2. The molecule has 17 nitrogen and oxygen atoms in total. The molecule has 3 N–H and O–H groups in total. The number of aliphatic hydroxyl groups excluding tert-OH is 1. The Morgan fingerprint density at radius 3 is 0.613 bits per heavy atom. The van der Waals surface area contributed by atoms with Crippen LogP contribution in [0.1, 0.15) is 503 Å². The molecular formula is C92H180O17P2. The van der Waals surface area contributed by atoms with Crippen LogP contribution in [0.15, 0.2) is 0 Å². The third kappa shape index (κ3) is 85.8. The fraction of sp³-hybridized carbons (Fsp3) is 0.957. The second kappa shape index (κ2) is 84.5. The summed E-state index contributed by atoms with van der Waals surface area (Å²) in [6.45, 7) is 7.43. The predicted molar refractivity (Wildman–Crippen MR) is 460 cm³/mol. The van der Waals surface area contributed by atoms with Crippen molar-refractivity contribution in [3.8, 4) is 0 Å². The van der Waals surface area contributed by atoms with E-state index in [0.717, 1.165) is 95.8 Å². The third-order valence-corrected chi connectivity index (χ3v) is 23.7. The second-order valence-electron chi connectivity index (χ2n) is 33.5. The van der Waals surface area contributed by atoms with Crippen LogP contribution in [-0.2, 0) is 65.4 Å². The molecule has 0 aromatic heterocycles. The first-order valence-electron chi connectivity index (χ1n) is 47.6. The van der Waals surface area contributed by atoms with Gasteiger partial charge in [-0.3, -0.25) is 37.3 Å². The summed E-state index contributed by atoms with van der Waals surface area (Å²) in [5.74, 6) is -1.29. The van der Waals surface area contributed by atoms with E-state index in [1.165, 1.54) is 327 Å². The third-order valence-electron chi connectivity index (χ3n) is 21.8. The van der Waals surface area contributed by atoms with Gasteiger partial charge in [-0.1, -0.05) is 452 Å². The molecule has 5 atom stereocenters. The van der Waals surface area contributed by atoms with Gasteiger partial charge in [-0.15, -0.1) is 0 Å². The van der Waals surface area contributed by atoms with Crippen molar-refractivity contribution >= 4 is 39.5 Å². The number of phosphoric ester groups is 2. The smallest absolute Gasteiger partial charge is 0.462 e. The number of hydrogen-bond acceptors (Lipinski definition) is 15. The first-order chi connectivity index (χ1) is 54.0. The van der Waals surface area contributed by atoms with Crippen LogP contribution in [0.25, 0.3) is 0 Å². The fourth-order valence-corrected chi connectivity index (χ4v) is 16.1. The zero-order valence-corrected chi connectivity index (χ0v) is 74.9. The van der Waals surface area contributed by atoms with Crippen molar-refractivity contribution in [2.75, 3.05) is 39.6 Å². The number of ether oxygens (including phenoxy) is 4. The summed E-state index contributed by atoms with van der Waals surface area (Å²) >= 11 is 0. The highest BCUT2D eigenvalue weighted by atomic mass is 31.2. The molecule has 0 rings (SSSR count). The minimum atomic E-state index is -4.97. The molecule has 111 heavy (non-hydrogen) atoms. The average molecular weight is 1620 g/mol. The summed E-state index contributed by atoms with van der Waals surface area (Å²) < 4.78 is 69.1. The minimum Gasteiger partial charge on any atom is -0.462 e. The lowest BCUT2D eigenvalue weighted by Gasteiger charge is -2.21. The molecule has 660 valence electrons. The van der Waals surface area contributed by atoms with Gasteiger partial charge in [-0.2, -0.15) is 0 Å². The number of esters is 4. The van der Waals surface area contributed by atoms with Gasteiger partial charge in [0.25, 0.3) is 0 Å². The zero-order chi connectivity index (χ0) is 81.1. The van der Waals surface area contributed by atoms with Crippen LogP contribution in [0.3, 0.4) is 0 Å². The quantitative estimate of drug-likeness (QED) is 0.0222. The monoisotopic (exact) mass is 1620 g/mol. The van der Waals surface area contributed by atoms with Gasteiger partial charge in [0.15, 0.2) is 12.2 Å². The van der Waals surface area contributed by atoms with Crippen molar-refractivity contribution in [1.82, 2.24) is 0 Å². The van der Waals surface area contributed by atoms with Gasteiger partial charge in [0, 0.05) is 25.7 Å². The average Bonchev–Trinajstić information content (AvgIpc) is 0.900. The summed E-state index contributed by atoms with van der Waals surface area (Å²) in [5.41, 5.74) is 0. The molecule has 0 saturated heterocycles. The number of aliphatic hydroxyl groups is 1. The van der Waals surface area contributed by atoms with E-state index in [1.807, 2.05) is 0 Å². The van der Waals surface area contributed by atoms with Crippen molar-refractivity contribution in [3.63, 3.8) is 0 Å². The molecule has 0 heterocycles. The lowest BCUT2D eigenvalue weighted by molar-refractivity contribution is -0.161. The van der Waals surface area contributed by atoms with Crippen molar-refractivity contribution in [2.24, 2.45) is 5.92 Å². The summed E-state index contributed by atoms with van der Waals surface area (Å²) in [6.07, 6.45) is 80.6. The van der Waals surface area contributed by atoms with Crippen LogP contribution in [0.2, 0.25) is 0 Å². The van der Waals surface area contributed by atoms with E-state index < -0.39 is 97.5 Å². The van der Waals surface area contributed by atoms with Crippen LogP contribution in [-0.4, -0.2) is 96.7 Å². The number of hydrogen-bond donors (Lipinski definition) is 3. The first kappa shape index (κ1) is 109. The van der Waals surface area contributed by atoms with E-state index in [4.69, 9.17) is 37.0 Å². The molecule has 0 aliphatic carbocycles. The Labute approximate surface area is 683 Å². The van der Waals surface area contributed by atoms with Gasteiger partial charge in [-0.05, 0) is 31.6 Å². The van der Waals surface area contributed by atoms with Crippen LogP contribution < -0.4 is 0 Å². The van der Waals surface area contributed by atoms with E-state index in [9.17, 15) is 43.2 Å². The molecule has 2 unspecified atom stereocenters. The minimum absolute atomic E-state index is 0.109. The topological polar surface area (TPSA) is 237 Å². The molecule has 0 spiro atoms. The van der Waals surface area contributed by atoms with Gasteiger partial charge >= 0.3 is 39.5 Å². The van der Waals surface area contributed by atoms with Crippen molar-refractivity contribution in [2.45, 2.75) is 522 Å². The van der Waals surface area contributed by atoms with Gasteiger partial charge < -0.3 is 33.8 Å². The molecule has 0 fully saturated rings. The van der Waals surface area contributed by atoms with Gasteiger partial charge in [-0.25, -0.2) is 9.13 Å². The molecule has 0 saturated carbocycles. The fourth-order valence-electron chi connectivity index (χ4n) is 14.5. The molecule has 0 amide bonds. The lowest BCUT2D eigenvalue weighted by atomic mass is 10.0. The van der Waals surface area contributed by atoms with Crippen LogP contribution in [0, 0.1) is 5.92 Å². The van der Waals surface area contributed by atoms with Crippen LogP contribution >= 0.6 is 15.6 Å². The van der Waals surface area contributed by atoms with Gasteiger partial charge in [0.05, 0.1) is 26.4 Å². The normalized spacial score (nSPS) is 13.7. The van der Waals surface area contributed by atoms with Crippen LogP contribution in [0.5, 0.6) is 0 Å². The molecule has 19 heteroatoms. The standard InChI is InChI=1S/C92H180O17P2/c1-6-9-12-15-18-21-24-27-29-31-33-34-36-38-42-47-52-57-62-67-72-77-91(96)109-88(82-103-90(95)76-71-66-61-56-51-46-41-37-35-32-30-28-25-22-19-16-13-10-7-2)84-107-111(100,101)105-80-86(93)79-104-110(98,99)106-83-87(81-102-89(94)75-70-65-60-55-50-44-26-23-20-17-14-11-8-3)108-92(97)78-73-68-63-58-53-48-43-39-40-45-49-54-59-64-69-74-85(4)5/h85-88,93H,6-84H2,1-5H3,(H,98,99)(H,100,101)/t86-,87+,88+/m0/s1. The van der Waals surface area contributed by atoms with Crippen LogP contribution in [0.4, 0.5) is 0 Å². The second-order valence-corrected chi connectivity index (χ2v) is 36.4. The van der Waals surface area contributed by atoms with E-state index in [2.05, 4.69) is 34.6 Å². The van der Waals surface area contributed by atoms with Gasteiger partial charge in [0.2, 0.25) is 0 Å². The maximum Gasteiger partial charge on any atom is 0.472 e. The zero-order valence-electron chi connectivity index (χ0n) is 73.1. The van der Waals surface area contributed by atoms with Crippen molar-refractivity contribution < 1.29 is 80.2 Å². The Balaban J connectivity index is 5.25. The van der Waals surface area contributed by atoms with E-state index in [1.54, 1.807) is 0 Å². The Bertz CT molecular complexity index is 2100. The summed E-state index contributed by atoms with van der Waals surface area (Å²) in [6, 6.07) is 0. The lowest BCUT2D eigenvalue weighted by Crippen LogP contribution is -2.30. The molecule has 0 aliphatic heterocycles. The number of carbonyl (C=O) groups is 4. The van der Waals surface area contributed by atoms with Crippen molar-refractivity contribution in [1.29, 1.82) is 0 Å². The summed E-state index contributed by atoms with van der Waals surface area (Å²) in [5, 5.41) is 10.7. The predicted octanol–water partition coefficient (Wildman–Crippen LogP) is 28.7. The molecule has 0 aliphatic rings. The maximum atomic E-state index is 13.2. The Hall–Kier alpha value is -1.94. The molecule has 0 bridgehead atoms. The molecule has 0 aromatic carbocycles. The van der Waals surface area contributed by atoms with E-state index in [0.29, 0.717) is 25.7 Å². The van der Waals surface area contributed by atoms with Crippen molar-refractivity contribution in [3.05, 3.63) is 0 Å². The highest BCUT2D eigenvalue weighted by molar-refractivity contribution is 7.47. The molecule has 0 aromatic rings. The number of rotatable bonds is 92. The Morgan fingerprint density at radius 2 is 0.414 bits per heavy atom. The first-order valence-corrected chi connectivity index (χ1v) is 50.6. The highest BCUT2D eigenvalue weighted by Crippen LogP contribution is 2.45. The summed E-state index contributed by atoms with van der Waals surface area (Å²) in [4.78, 5) is 73.5. The Morgan fingerprint density at radius 1 is 0.243 bits per heavy atom. The molecular weight excluding hydrogens is 1440 g/mol. The Kier molecular flexibility index (Phi) is 83.0. The SMILES string of the molecule is CCCCCCCCCCCCCCCCCCCCCCCC(=O)O[C@H](COC(=O)CCCCCCCCCCCCCCCCCCCCC)COP(=O)(O)OC[C@@H](O)COP(=O)(O)OC[C@@H](COC(=O)CCCCCCCCCCCCCCC)OC(=O)CCCCCCCCCCCCCCCCCC(C)C. The highest BCUT2D eigenvalue weighted by Gasteiger charge is 2.31. The maximum absolute atomic E-state index is 13.2.